The molecule has 2 atom stereocenters. The number of benzene rings is 3. The smallest absolute Gasteiger partial charge is 0.317 e. The molecule has 1 amide bonds. The maximum absolute atomic E-state index is 13.9. The van der Waals surface area contributed by atoms with E-state index in [2.05, 4.69) is 15.2 Å². The molecule has 53 heavy (non-hydrogen) atoms. The number of aliphatic hydroxyl groups excluding tert-OH is 1. The average molecular weight is 723 g/mol. The predicted octanol–water partition coefficient (Wildman–Crippen LogP) is 4.46. The van der Waals surface area contributed by atoms with Gasteiger partial charge in [-0.2, -0.15) is 0 Å². The number of unbranched alkanes of at least 4 members (excludes halogenated alkanes) is 1. The molecule has 3 aromatic carbocycles. The Morgan fingerprint density at radius 2 is 1.68 bits per heavy atom. The number of hydrogen-bond acceptors (Lipinski definition) is 9. The number of aromatic nitrogens is 1. The van der Waals surface area contributed by atoms with Gasteiger partial charge in [-0.3, -0.25) is 19.3 Å². The minimum atomic E-state index is -0.799. The van der Waals surface area contributed by atoms with Crippen molar-refractivity contribution in [1.82, 2.24) is 20.1 Å². The van der Waals surface area contributed by atoms with Gasteiger partial charge in [0.05, 0.1) is 30.1 Å². The lowest BCUT2D eigenvalue weighted by atomic mass is 9.72. The van der Waals surface area contributed by atoms with E-state index in [-0.39, 0.29) is 35.7 Å². The van der Waals surface area contributed by atoms with Gasteiger partial charge in [0.1, 0.15) is 17.6 Å². The van der Waals surface area contributed by atoms with Crippen molar-refractivity contribution in [3.05, 3.63) is 106 Å². The average Bonchev–Trinajstić information content (AvgIpc) is 3.19. The zero-order valence-electron chi connectivity index (χ0n) is 30.2. The largest absolute Gasteiger partial charge is 0.506 e. The Kier molecular flexibility index (Phi) is 11.4. The first-order chi connectivity index (χ1) is 25.8. The molecule has 4 aromatic rings. The standard InChI is InChI=1S/C42H50N4O7/c47-35-14-12-33(34-13-15-38(49)44-40(34)35)36(48)27-43-20-4-5-25-52-32-10-8-29(9-11-32)26-39(50)46-23-18-42(19-24-46,31-6-2-1-3-7-31)41(51)53-37-28-45-21-16-30(37)17-22-45/h1-3,6-15,30,36-37,43,47-48H,4-5,16-28H2,(H,44,49)/t36-,37-/m0/s1. The molecule has 4 aliphatic heterocycles. The number of carbonyl (C=O) groups is 2. The monoisotopic (exact) mass is 722 g/mol. The summed E-state index contributed by atoms with van der Waals surface area (Å²) >= 11 is 0. The molecule has 0 spiro atoms. The van der Waals surface area contributed by atoms with Crippen LogP contribution >= 0.6 is 0 Å². The van der Waals surface area contributed by atoms with Gasteiger partial charge in [0, 0.05) is 37.6 Å². The highest BCUT2D eigenvalue weighted by atomic mass is 16.5. The van der Waals surface area contributed by atoms with Crippen LogP contribution in [0.25, 0.3) is 10.9 Å². The van der Waals surface area contributed by atoms with E-state index in [1.54, 1.807) is 12.1 Å². The lowest BCUT2D eigenvalue weighted by molar-refractivity contribution is -0.168. The molecule has 4 saturated heterocycles. The van der Waals surface area contributed by atoms with Gasteiger partial charge < -0.3 is 34.9 Å². The first-order valence-electron chi connectivity index (χ1n) is 19.0. The van der Waals surface area contributed by atoms with Crippen LogP contribution in [-0.2, 0) is 26.2 Å². The number of ether oxygens (including phenoxy) is 2. The molecule has 280 valence electrons. The molecule has 1 aromatic heterocycles. The minimum Gasteiger partial charge on any atom is -0.506 e. The van der Waals surface area contributed by atoms with Crippen LogP contribution in [0.4, 0.5) is 0 Å². The zero-order chi connectivity index (χ0) is 36.8. The Morgan fingerprint density at radius 1 is 0.925 bits per heavy atom. The number of carbonyl (C=O) groups excluding carboxylic acids is 2. The number of amides is 1. The van der Waals surface area contributed by atoms with Crippen LogP contribution in [0, 0.1) is 5.92 Å². The Morgan fingerprint density at radius 3 is 2.40 bits per heavy atom. The number of piperidine rings is 4. The molecule has 0 aliphatic carbocycles. The lowest BCUT2D eigenvalue weighted by Gasteiger charge is -2.46. The Balaban J connectivity index is 0.832. The zero-order valence-corrected chi connectivity index (χ0v) is 30.2. The molecule has 0 unspecified atom stereocenters. The lowest BCUT2D eigenvalue weighted by Crippen LogP contribution is -2.55. The maximum Gasteiger partial charge on any atom is 0.317 e. The van der Waals surface area contributed by atoms with E-state index in [4.69, 9.17) is 9.47 Å². The number of aliphatic hydroxyl groups is 1. The summed E-state index contributed by atoms with van der Waals surface area (Å²) in [7, 11) is 0. The van der Waals surface area contributed by atoms with Crippen molar-refractivity contribution in [2.45, 2.75) is 62.6 Å². The molecule has 4 fully saturated rings. The fourth-order valence-electron chi connectivity index (χ4n) is 8.23. The van der Waals surface area contributed by atoms with Crippen molar-refractivity contribution in [2.24, 2.45) is 5.92 Å². The van der Waals surface area contributed by atoms with Crippen LogP contribution in [0.3, 0.4) is 0 Å². The summed E-state index contributed by atoms with van der Waals surface area (Å²) in [6, 6.07) is 23.8. The van der Waals surface area contributed by atoms with E-state index in [0.29, 0.717) is 68.0 Å². The van der Waals surface area contributed by atoms with Crippen LogP contribution in [0.2, 0.25) is 0 Å². The molecule has 0 saturated carbocycles. The van der Waals surface area contributed by atoms with Crippen LogP contribution in [0.1, 0.15) is 61.3 Å². The molecule has 11 heteroatoms. The van der Waals surface area contributed by atoms with Gasteiger partial charge in [0.25, 0.3) is 0 Å². The summed E-state index contributed by atoms with van der Waals surface area (Å²) in [5.74, 6) is 1.07. The van der Waals surface area contributed by atoms with E-state index >= 15 is 0 Å². The summed E-state index contributed by atoms with van der Waals surface area (Å²) in [5, 5.41) is 24.7. The van der Waals surface area contributed by atoms with E-state index in [1.165, 1.54) is 12.1 Å². The number of phenolic OH excluding ortho intramolecular Hbond substituents is 1. The highest BCUT2D eigenvalue weighted by Gasteiger charge is 2.47. The normalized spacial score (nSPS) is 21.3. The van der Waals surface area contributed by atoms with Crippen LogP contribution in [-0.4, -0.2) is 95.4 Å². The third-order valence-corrected chi connectivity index (χ3v) is 11.4. The second kappa shape index (κ2) is 16.5. The number of hydrogen-bond donors (Lipinski definition) is 4. The number of pyridine rings is 1. The van der Waals surface area contributed by atoms with Crippen molar-refractivity contribution < 1.29 is 29.3 Å². The van der Waals surface area contributed by atoms with Gasteiger partial charge in [-0.05, 0) is 105 Å². The molecular formula is C42H50N4O7. The molecule has 0 radical (unpaired) electrons. The van der Waals surface area contributed by atoms with Gasteiger partial charge in [-0.25, -0.2) is 0 Å². The highest BCUT2D eigenvalue weighted by molar-refractivity contribution is 5.87. The summed E-state index contributed by atoms with van der Waals surface area (Å²) in [6.07, 6.45) is 4.38. The molecule has 4 aliphatic rings. The molecule has 11 nitrogen and oxygen atoms in total. The van der Waals surface area contributed by atoms with Crippen molar-refractivity contribution in [2.75, 3.05) is 52.4 Å². The van der Waals surface area contributed by atoms with Gasteiger partial charge in [0.2, 0.25) is 11.5 Å². The first-order valence-corrected chi connectivity index (χ1v) is 19.0. The number of likely N-dealkylation sites (tertiary alicyclic amines) is 1. The van der Waals surface area contributed by atoms with E-state index in [9.17, 15) is 24.6 Å². The molecular weight excluding hydrogens is 672 g/mol. The SMILES string of the molecule is O=C(Cc1ccc(OCCCCNC[C@H](O)c2ccc(O)c3[nH]c(=O)ccc23)cc1)N1CCC(C(=O)O[C@H]2CN3CCC2CC3)(c2ccccc2)CC1. The topological polar surface area (TPSA) is 144 Å². The van der Waals surface area contributed by atoms with Crippen LogP contribution in [0.15, 0.2) is 83.7 Å². The summed E-state index contributed by atoms with van der Waals surface area (Å²) in [5.41, 5.74) is 1.78. The van der Waals surface area contributed by atoms with Crippen molar-refractivity contribution in [3.8, 4) is 11.5 Å². The van der Waals surface area contributed by atoms with Crippen LogP contribution in [0.5, 0.6) is 11.5 Å². The number of phenols is 1. The second-order valence-electron chi connectivity index (χ2n) is 14.8. The summed E-state index contributed by atoms with van der Waals surface area (Å²) in [4.78, 5) is 45.9. The van der Waals surface area contributed by atoms with Gasteiger partial charge in [-0.15, -0.1) is 0 Å². The number of aromatic hydroxyl groups is 1. The number of aromatic amines is 1. The fourth-order valence-corrected chi connectivity index (χ4v) is 8.23. The van der Waals surface area contributed by atoms with E-state index in [1.807, 2.05) is 59.5 Å². The molecule has 4 N–H and O–H groups in total. The van der Waals surface area contributed by atoms with Gasteiger partial charge in [0.15, 0.2) is 0 Å². The third-order valence-electron chi connectivity index (χ3n) is 11.4. The van der Waals surface area contributed by atoms with Gasteiger partial charge in [-0.1, -0.05) is 48.5 Å². The maximum atomic E-state index is 13.9. The Bertz CT molecular complexity index is 1920. The number of esters is 1. The predicted molar refractivity (Wildman–Crippen MR) is 202 cm³/mol. The molecule has 5 heterocycles. The minimum absolute atomic E-state index is 0.0341. The summed E-state index contributed by atoms with van der Waals surface area (Å²) < 4.78 is 12.2. The number of H-pyrrole nitrogens is 1. The van der Waals surface area contributed by atoms with E-state index < -0.39 is 11.5 Å². The van der Waals surface area contributed by atoms with Crippen LogP contribution < -0.4 is 15.6 Å². The van der Waals surface area contributed by atoms with E-state index in [0.717, 1.165) is 62.2 Å². The number of nitrogens with zero attached hydrogens (tertiary/aromatic N) is 2. The Labute approximate surface area is 309 Å². The number of rotatable bonds is 14. The van der Waals surface area contributed by atoms with Crippen molar-refractivity contribution >= 4 is 22.8 Å². The second-order valence-corrected chi connectivity index (χ2v) is 14.8. The number of nitrogens with one attached hydrogen (secondary N) is 2. The number of fused-ring (bicyclic) bond motifs is 4. The third kappa shape index (κ3) is 8.43. The highest BCUT2D eigenvalue weighted by Crippen LogP contribution is 2.39. The first kappa shape index (κ1) is 36.6. The van der Waals surface area contributed by atoms with Crippen molar-refractivity contribution in [3.63, 3.8) is 0 Å². The summed E-state index contributed by atoms with van der Waals surface area (Å²) in [6.45, 7) is 5.59. The Hall–Kier alpha value is -4.71. The van der Waals surface area contributed by atoms with Crippen molar-refractivity contribution in [1.29, 1.82) is 0 Å². The molecule has 2 bridgehead atoms. The molecule has 8 rings (SSSR count). The quantitative estimate of drug-likeness (QED) is 0.110. The fraction of sp³-hybridized carbons (Fsp3) is 0.452. The van der Waals surface area contributed by atoms with Gasteiger partial charge >= 0.3 is 5.97 Å².